The standard InChI is InChI=1S/C15H25NO4/c1-7-10(2)11(16-20)8-12(18)15(5,6)13(19)14(3,4)9-17/h9-10,20H,7-8H2,1-6H3/b16-11-. The molecule has 0 aromatic rings. The van der Waals surface area contributed by atoms with E-state index in [2.05, 4.69) is 5.16 Å². The van der Waals surface area contributed by atoms with Crippen molar-refractivity contribution < 1.29 is 19.6 Å². The predicted octanol–water partition coefficient (Wildman–Crippen LogP) is 2.64. The summed E-state index contributed by atoms with van der Waals surface area (Å²) in [5.74, 6) is -0.800. The number of nitrogens with zero attached hydrogens (tertiary/aromatic N) is 1. The molecule has 0 saturated heterocycles. The van der Waals surface area contributed by atoms with E-state index in [4.69, 9.17) is 5.21 Å². The van der Waals surface area contributed by atoms with Gasteiger partial charge >= 0.3 is 0 Å². The summed E-state index contributed by atoms with van der Waals surface area (Å²) in [7, 11) is 0. The Morgan fingerprint density at radius 1 is 1.25 bits per heavy atom. The first-order chi connectivity index (χ1) is 9.04. The molecule has 0 bridgehead atoms. The van der Waals surface area contributed by atoms with E-state index in [0.29, 0.717) is 12.0 Å². The van der Waals surface area contributed by atoms with Gasteiger partial charge in [-0.15, -0.1) is 0 Å². The second kappa shape index (κ2) is 6.77. The maximum atomic E-state index is 12.3. The highest BCUT2D eigenvalue weighted by atomic mass is 16.4. The monoisotopic (exact) mass is 283 g/mol. The van der Waals surface area contributed by atoms with E-state index in [0.717, 1.165) is 6.42 Å². The highest BCUT2D eigenvalue weighted by molar-refractivity contribution is 6.17. The summed E-state index contributed by atoms with van der Waals surface area (Å²) in [6.07, 6.45) is 1.21. The zero-order chi connectivity index (χ0) is 16.1. The highest BCUT2D eigenvalue weighted by Crippen LogP contribution is 2.30. The normalized spacial score (nSPS) is 14.8. The van der Waals surface area contributed by atoms with E-state index in [1.807, 2.05) is 13.8 Å². The lowest BCUT2D eigenvalue weighted by Crippen LogP contribution is -2.43. The average Bonchev–Trinajstić information content (AvgIpc) is 2.42. The fourth-order valence-corrected chi connectivity index (χ4v) is 1.91. The minimum Gasteiger partial charge on any atom is -0.411 e. The Hall–Kier alpha value is -1.52. The van der Waals surface area contributed by atoms with E-state index < -0.39 is 16.6 Å². The molecule has 0 spiro atoms. The van der Waals surface area contributed by atoms with Gasteiger partial charge in [-0.05, 0) is 40.0 Å². The van der Waals surface area contributed by atoms with Crippen LogP contribution < -0.4 is 0 Å². The van der Waals surface area contributed by atoms with E-state index in [1.54, 1.807) is 0 Å². The van der Waals surface area contributed by atoms with Crippen LogP contribution >= 0.6 is 0 Å². The summed E-state index contributed by atoms with van der Waals surface area (Å²) in [6.45, 7) is 9.78. The summed E-state index contributed by atoms with van der Waals surface area (Å²) in [5, 5.41) is 12.2. The number of oxime groups is 1. The third kappa shape index (κ3) is 3.99. The number of carbonyl (C=O) groups is 3. The number of hydrogen-bond donors (Lipinski definition) is 1. The van der Waals surface area contributed by atoms with Gasteiger partial charge in [-0.2, -0.15) is 0 Å². The van der Waals surface area contributed by atoms with E-state index in [-0.39, 0.29) is 18.1 Å². The molecule has 1 atom stereocenters. The number of aldehydes is 1. The molecule has 0 radical (unpaired) electrons. The maximum Gasteiger partial charge on any atom is 0.158 e. The summed E-state index contributed by atoms with van der Waals surface area (Å²) in [5.41, 5.74) is -2.12. The van der Waals surface area contributed by atoms with Gasteiger partial charge in [-0.3, -0.25) is 9.59 Å². The molecular weight excluding hydrogens is 258 g/mol. The van der Waals surface area contributed by atoms with Crippen molar-refractivity contribution in [2.75, 3.05) is 0 Å². The van der Waals surface area contributed by atoms with Gasteiger partial charge in [0.1, 0.15) is 6.29 Å². The largest absolute Gasteiger partial charge is 0.411 e. The molecule has 0 rings (SSSR count). The second-order valence-electron chi connectivity index (χ2n) is 6.29. The lowest BCUT2D eigenvalue weighted by Gasteiger charge is -2.29. The van der Waals surface area contributed by atoms with Crippen LogP contribution in [-0.4, -0.2) is 28.8 Å². The van der Waals surface area contributed by atoms with Crippen LogP contribution in [0.4, 0.5) is 0 Å². The molecule has 1 unspecified atom stereocenters. The van der Waals surface area contributed by atoms with Crippen molar-refractivity contribution in [2.45, 2.75) is 54.4 Å². The molecule has 114 valence electrons. The number of Topliss-reactive ketones (excluding diaryl/α,β-unsaturated/α-hetero) is 2. The Kier molecular flexibility index (Phi) is 6.26. The lowest BCUT2D eigenvalue weighted by atomic mass is 9.71. The topological polar surface area (TPSA) is 83.8 Å². The predicted molar refractivity (Wildman–Crippen MR) is 76.9 cm³/mol. The van der Waals surface area contributed by atoms with Gasteiger partial charge in [-0.1, -0.05) is 19.0 Å². The first-order valence-electron chi connectivity index (χ1n) is 6.79. The Labute approximate surface area is 120 Å². The van der Waals surface area contributed by atoms with Crippen LogP contribution in [0.1, 0.15) is 54.4 Å². The van der Waals surface area contributed by atoms with Crippen LogP contribution in [-0.2, 0) is 14.4 Å². The van der Waals surface area contributed by atoms with Gasteiger partial charge in [0.15, 0.2) is 11.6 Å². The molecular formula is C15H25NO4. The van der Waals surface area contributed by atoms with Crippen molar-refractivity contribution in [3.8, 4) is 0 Å². The Bertz CT molecular complexity index is 422. The summed E-state index contributed by atoms with van der Waals surface area (Å²) in [6, 6.07) is 0. The molecule has 0 aliphatic rings. The van der Waals surface area contributed by atoms with Crippen molar-refractivity contribution in [1.82, 2.24) is 0 Å². The molecule has 0 amide bonds. The highest BCUT2D eigenvalue weighted by Gasteiger charge is 2.44. The van der Waals surface area contributed by atoms with E-state index >= 15 is 0 Å². The van der Waals surface area contributed by atoms with Crippen molar-refractivity contribution in [1.29, 1.82) is 0 Å². The Morgan fingerprint density at radius 2 is 1.75 bits per heavy atom. The third-order valence-electron chi connectivity index (χ3n) is 3.80. The molecule has 0 aromatic carbocycles. The van der Waals surface area contributed by atoms with Crippen molar-refractivity contribution in [3.05, 3.63) is 0 Å². The second-order valence-corrected chi connectivity index (χ2v) is 6.29. The van der Waals surface area contributed by atoms with Crippen LogP contribution in [0.5, 0.6) is 0 Å². The number of ketones is 2. The van der Waals surface area contributed by atoms with Crippen molar-refractivity contribution >= 4 is 23.6 Å². The van der Waals surface area contributed by atoms with Gasteiger partial charge in [0.05, 0.1) is 16.5 Å². The molecule has 0 saturated carbocycles. The van der Waals surface area contributed by atoms with Gasteiger partial charge in [0.2, 0.25) is 0 Å². The molecule has 5 nitrogen and oxygen atoms in total. The molecule has 0 fully saturated rings. The minimum atomic E-state index is -1.28. The Morgan fingerprint density at radius 3 is 2.10 bits per heavy atom. The molecule has 0 aliphatic heterocycles. The number of rotatable bonds is 8. The maximum absolute atomic E-state index is 12.3. The Balaban J connectivity index is 5.19. The van der Waals surface area contributed by atoms with E-state index in [9.17, 15) is 14.4 Å². The van der Waals surface area contributed by atoms with Gasteiger partial charge in [0, 0.05) is 6.42 Å². The lowest BCUT2D eigenvalue weighted by molar-refractivity contribution is -0.145. The van der Waals surface area contributed by atoms with Crippen LogP contribution in [0.3, 0.4) is 0 Å². The summed E-state index contributed by atoms with van der Waals surface area (Å²) >= 11 is 0. The molecule has 0 aromatic heterocycles. The van der Waals surface area contributed by atoms with Crippen LogP contribution in [0.25, 0.3) is 0 Å². The van der Waals surface area contributed by atoms with Gasteiger partial charge < -0.3 is 10.0 Å². The zero-order valence-corrected chi connectivity index (χ0v) is 13.2. The molecule has 20 heavy (non-hydrogen) atoms. The molecule has 5 heteroatoms. The third-order valence-corrected chi connectivity index (χ3v) is 3.80. The summed E-state index contributed by atoms with van der Waals surface area (Å²) in [4.78, 5) is 35.6. The molecule has 0 heterocycles. The number of carbonyl (C=O) groups excluding carboxylic acids is 3. The smallest absolute Gasteiger partial charge is 0.158 e. The molecule has 0 aliphatic carbocycles. The first-order valence-corrected chi connectivity index (χ1v) is 6.79. The number of hydrogen-bond acceptors (Lipinski definition) is 5. The van der Waals surface area contributed by atoms with Crippen LogP contribution in [0.15, 0.2) is 5.16 Å². The summed E-state index contributed by atoms with van der Waals surface area (Å²) < 4.78 is 0. The first kappa shape index (κ1) is 18.5. The van der Waals surface area contributed by atoms with Crippen LogP contribution in [0, 0.1) is 16.7 Å². The fraction of sp³-hybridized carbons (Fsp3) is 0.733. The van der Waals surface area contributed by atoms with Crippen LogP contribution in [0.2, 0.25) is 0 Å². The zero-order valence-electron chi connectivity index (χ0n) is 13.2. The fourth-order valence-electron chi connectivity index (χ4n) is 1.91. The van der Waals surface area contributed by atoms with Crippen molar-refractivity contribution in [2.24, 2.45) is 21.9 Å². The average molecular weight is 283 g/mol. The van der Waals surface area contributed by atoms with E-state index in [1.165, 1.54) is 27.7 Å². The minimum absolute atomic E-state index is 0.0334. The molecule has 1 N–H and O–H groups in total. The van der Waals surface area contributed by atoms with Gasteiger partial charge in [-0.25, -0.2) is 0 Å². The SMILES string of the molecule is CCC(C)/C(CC(=O)C(C)(C)C(=O)C(C)(C)C=O)=N\O. The quantitative estimate of drug-likeness (QED) is 0.244. The van der Waals surface area contributed by atoms with Gasteiger partial charge in [0.25, 0.3) is 0 Å². The van der Waals surface area contributed by atoms with Crippen molar-refractivity contribution in [3.63, 3.8) is 0 Å².